The van der Waals surface area contributed by atoms with Gasteiger partial charge in [-0.1, -0.05) is 17.7 Å². The maximum atomic E-state index is 12.6. The summed E-state index contributed by atoms with van der Waals surface area (Å²) in [6, 6.07) is 9.48. The van der Waals surface area contributed by atoms with Gasteiger partial charge in [0.25, 0.3) is 15.9 Å². The number of carbonyl (C=O) groups excluding carboxylic acids is 1. The SMILES string of the molecule is CCN(CC)C(=O)c1cccc(NS(=O)(=O)c2cc(C(=O)O)ccc2Cl)c1. The minimum Gasteiger partial charge on any atom is -0.478 e. The molecule has 9 heteroatoms. The van der Waals surface area contributed by atoms with Crippen molar-refractivity contribution in [3.05, 3.63) is 58.6 Å². The molecule has 0 atom stereocenters. The summed E-state index contributed by atoms with van der Waals surface area (Å²) in [5.41, 5.74) is 0.305. The van der Waals surface area contributed by atoms with Crippen molar-refractivity contribution in [2.75, 3.05) is 17.8 Å². The topological polar surface area (TPSA) is 104 Å². The van der Waals surface area contributed by atoms with E-state index in [4.69, 9.17) is 16.7 Å². The van der Waals surface area contributed by atoms with E-state index in [1.54, 1.807) is 17.0 Å². The summed E-state index contributed by atoms with van der Waals surface area (Å²) in [4.78, 5) is 24.8. The molecule has 0 aliphatic heterocycles. The van der Waals surface area contributed by atoms with E-state index in [1.807, 2.05) is 13.8 Å². The number of nitrogens with one attached hydrogen (secondary N) is 1. The summed E-state index contributed by atoms with van der Waals surface area (Å²) in [5.74, 6) is -1.48. The van der Waals surface area contributed by atoms with Gasteiger partial charge < -0.3 is 10.0 Å². The molecule has 0 bridgehead atoms. The molecule has 2 rings (SSSR count). The highest BCUT2D eigenvalue weighted by atomic mass is 35.5. The van der Waals surface area contributed by atoms with Crippen LogP contribution in [0.2, 0.25) is 5.02 Å². The Labute approximate surface area is 162 Å². The van der Waals surface area contributed by atoms with Gasteiger partial charge in [0.15, 0.2) is 0 Å². The van der Waals surface area contributed by atoms with E-state index in [-0.39, 0.29) is 27.1 Å². The average Bonchev–Trinajstić information content (AvgIpc) is 2.62. The van der Waals surface area contributed by atoms with Crippen molar-refractivity contribution < 1.29 is 23.1 Å². The van der Waals surface area contributed by atoms with Gasteiger partial charge in [0.2, 0.25) is 0 Å². The van der Waals surface area contributed by atoms with E-state index >= 15 is 0 Å². The molecule has 0 aliphatic carbocycles. The molecule has 0 aliphatic rings. The van der Waals surface area contributed by atoms with Crippen LogP contribution >= 0.6 is 11.6 Å². The molecule has 2 aromatic carbocycles. The van der Waals surface area contributed by atoms with Crippen LogP contribution in [-0.4, -0.2) is 43.4 Å². The summed E-state index contributed by atoms with van der Waals surface area (Å²) < 4.78 is 27.6. The number of benzene rings is 2. The van der Waals surface area contributed by atoms with Gasteiger partial charge in [-0.25, -0.2) is 13.2 Å². The number of carboxylic acids is 1. The molecule has 1 amide bonds. The monoisotopic (exact) mass is 410 g/mol. The Morgan fingerprint density at radius 2 is 1.74 bits per heavy atom. The molecule has 0 saturated heterocycles. The molecule has 27 heavy (non-hydrogen) atoms. The number of rotatable bonds is 7. The summed E-state index contributed by atoms with van der Waals surface area (Å²) in [7, 11) is -4.14. The first-order valence-corrected chi connectivity index (χ1v) is 10.0. The minimum atomic E-state index is -4.14. The molecule has 0 heterocycles. The quantitative estimate of drug-likeness (QED) is 0.728. The van der Waals surface area contributed by atoms with Crippen molar-refractivity contribution in [2.24, 2.45) is 0 Å². The van der Waals surface area contributed by atoms with Gasteiger partial charge in [-0.05, 0) is 50.2 Å². The molecule has 0 spiro atoms. The summed E-state index contributed by atoms with van der Waals surface area (Å²) in [5, 5.41) is 8.94. The minimum absolute atomic E-state index is 0.108. The van der Waals surface area contributed by atoms with Crippen LogP contribution in [0.25, 0.3) is 0 Å². The Morgan fingerprint density at radius 1 is 1.07 bits per heavy atom. The third kappa shape index (κ3) is 4.78. The Balaban J connectivity index is 2.37. The van der Waals surface area contributed by atoms with Gasteiger partial charge in [-0.15, -0.1) is 0 Å². The molecule has 7 nitrogen and oxygen atoms in total. The average molecular weight is 411 g/mol. The molecule has 0 fully saturated rings. The number of hydrogen-bond acceptors (Lipinski definition) is 4. The third-order valence-corrected chi connectivity index (χ3v) is 5.74. The fourth-order valence-corrected chi connectivity index (χ4v) is 4.04. The predicted molar refractivity (Wildman–Crippen MR) is 103 cm³/mol. The van der Waals surface area contributed by atoms with Crippen molar-refractivity contribution in [2.45, 2.75) is 18.7 Å². The number of sulfonamides is 1. The first kappa shape index (κ1) is 20.7. The van der Waals surface area contributed by atoms with Gasteiger partial charge in [-0.3, -0.25) is 9.52 Å². The zero-order valence-corrected chi connectivity index (χ0v) is 16.3. The van der Waals surface area contributed by atoms with Crippen molar-refractivity contribution in [3.8, 4) is 0 Å². The van der Waals surface area contributed by atoms with Crippen LogP contribution < -0.4 is 4.72 Å². The Morgan fingerprint density at radius 3 is 2.33 bits per heavy atom. The fraction of sp³-hybridized carbons (Fsp3) is 0.222. The van der Waals surface area contributed by atoms with Gasteiger partial charge in [0, 0.05) is 24.3 Å². The van der Waals surface area contributed by atoms with Crippen molar-refractivity contribution in [1.29, 1.82) is 0 Å². The van der Waals surface area contributed by atoms with E-state index < -0.39 is 16.0 Å². The number of nitrogens with zero attached hydrogens (tertiary/aromatic N) is 1. The molecule has 144 valence electrons. The molecule has 2 N–H and O–H groups in total. The highest BCUT2D eigenvalue weighted by molar-refractivity contribution is 7.92. The summed E-state index contributed by atoms with van der Waals surface area (Å²) >= 11 is 5.94. The van der Waals surface area contributed by atoms with Crippen LogP contribution in [0.4, 0.5) is 5.69 Å². The predicted octanol–water partition coefficient (Wildman–Crippen LogP) is 3.32. The molecule has 0 unspecified atom stereocenters. The molecule has 2 aromatic rings. The third-order valence-electron chi connectivity index (χ3n) is 3.88. The Hall–Kier alpha value is -2.58. The van der Waals surface area contributed by atoms with Crippen LogP contribution in [0.3, 0.4) is 0 Å². The molecule has 0 radical (unpaired) electrons. The normalized spacial score (nSPS) is 11.1. The van der Waals surface area contributed by atoms with E-state index in [9.17, 15) is 18.0 Å². The number of aromatic carboxylic acids is 1. The van der Waals surface area contributed by atoms with E-state index in [0.29, 0.717) is 18.7 Å². The number of halogens is 1. The lowest BCUT2D eigenvalue weighted by Crippen LogP contribution is -2.30. The van der Waals surface area contributed by atoms with Crippen LogP contribution in [0, 0.1) is 0 Å². The highest BCUT2D eigenvalue weighted by Gasteiger charge is 2.21. The van der Waals surface area contributed by atoms with Crippen molar-refractivity contribution in [3.63, 3.8) is 0 Å². The smallest absolute Gasteiger partial charge is 0.335 e. The first-order valence-electron chi connectivity index (χ1n) is 8.14. The Kier molecular flexibility index (Phi) is 6.45. The lowest BCUT2D eigenvalue weighted by molar-refractivity contribution is 0.0695. The van der Waals surface area contributed by atoms with Crippen LogP contribution in [-0.2, 0) is 10.0 Å². The maximum Gasteiger partial charge on any atom is 0.335 e. The van der Waals surface area contributed by atoms with Crippen LogP contribution in [0.15, 0.2) is 47.4 Å². The number of amides is 1. The lowest BCUT2D eigenvalue weighted by Gasteiger charge is -2.19. The standard InChI is InChI=1S/C18H19ClN2O5S/c1-3-21(4-2)17(22)12-6-5-7-14(10-12)20-27(25,26)16-11-13(18(23)24)8-9-15(16)19/h5-11,20H,3-4H2,1-2H3,(H,23,24). The first-order chi connectivity index (χ1) is 12.7. The number of carboxylic acid groups (broad SMARTS) is 1. The molecular weight excluding hydrogens is 392 g/mol. The van der Waals surface area contributed by atoms with Crippen LogP contribution in [0.5, 0.6) is 0 Å². The van der Waals surface area contributed by atoms with Gasteiger partial charge in [0.1, 0.15) is 4.90 Å². The van der Waals surface area contributed by atoms with Crippen LogP contribution in [0.1, 0.15) is 34.6 Å². The molecule has 0 saturated carbocycles. The largest absolute Gasteiger partial charge is 0.478 e. The summed E-state index contributed by atoms with van der Waals surface area (Å²) in [6.07, 6.45) is 0. The van der Waals surface area contributed by atoms with E-state index in [0.717, 1.165) is 6.07 Å². The second kappa shape index (κ2) is 8.41. The highest BCUT2D eigenvalue weighted by Crippen LogP contribution is 2.25. The van der Waals surface area contributed by atoms with E-state index in [2.05, 4.69) is 4.72 Å². The van der Waals surface area contributed by atoms with Gasteiger partial charge >= 0.3 is 5.97 Å². The number of carbonyl (C=O) groups is 2. The lowest BCUT2D eigenvalue weighted by atomic mass is 10.2. The Bertz CT molecular complexity index is 971. The fourth-order valence-electron chi connectivity index (χ4n) is 2.46. The number of hydrogen-bond donors (Lipinski definition) is 2. The number of anilines is 1. The zero-order valence-electron chi connectivity index (χ0n) is 14.8. The van der Waals surface area contributed by atoms with Crippen molar-refractivity contribution >= 4 is 39.2 Å². The van der Waals surface area contributed by atoms with Crippen molar-refractivity contribution in [1.82, 2.24) is 4.90 Å². The van der Waals surface area contributed by atoms with E-state index in [1.165, 1.54) is 24.3 Å². The maximum absolute atomic E-state index is 12.6. The zero-order chi connectivity index (χ0) is 20.2. The second-order valence-electron chi connectivity index (χ2n) is 5.61. The molecular formula is C18H19ClN2O5S. The summed E-state index contributed by atoms with van der Waals surface area (Å²) in [6.45, 7) is 4.77. The second-order valence-corrected chi connectivity index (χ2v) is 7.67. The molecule has 0 aromatic heterocycles. The van der Waals surface area contributed by atoms with Gasteiger partial charge in [0.05, 0.1) is 10.6 Å². The van der Waals surface area contributed by atoms with Gasteiger partial charge in [-0.2, -0.15) is 0 Å².